The summed E-state index contributed by atoms with van der Waals surface area (Å²) in [6.45, 7) is 3.93. The molecule has 0 saturated heterocycles. The third-order valence-corrected chi connectivity index (χ3v) is 3.28. The van der Waals surface area contributed by atoms with Gasteiger partial charge in [0.15, 0.2) is 0 Å². The second kappa shape index (κ2) is 6.58. The summed E-state index contributed by atoms with van der Waals surface area (Å²) in [4.78, 5) is 0. The summed E-state index contributed by atoms with van der Waals surface area (Å²) in [5.74, 6) is 0.617. The summed E-state index contributed by atoms with van der Waals surface area (Å²) < 4.78 is 33.0. The van der Waals surface area contributed by atoms with Crippen molar-refractivity contribution >= 4 is 15.9 Å². The second-order valence-electron chi connectivity index (χ2n) is 4.09. The highest BCUT2D eigenvalue weighted by Gasteiger charge is 2.09. The molecule has 18 heavy (non-hydrogen) atoms. The first-order valence-corrected chi connectivity index (χ1v) is 7.12. The van der Waals surface area contributed by atoms with Crippen molar-refractivity contribution in [1.82, 2.24) is 9.44 Å². The van der Waals surface area contributed by atoms with Crippen LogP contribution in [0.3, 0.4) is 0 Å². The Balaban J connectivity index is 2.31. The van der Waals surface area contributed by atoms with Gasteiger partial charge in [0.1, 0.15) is 12.4 Å². The van der Waals surface area contributed by atoms with E-state index in [1.165, 1.54) is 0 Å². The molecule has 7 heteroatoms. The SMILES string of the molecule is CC(C)NS(=O)(=O)NCCOc1cccc(N)c1. The monoisotopic (exact) mass is 273 g/mol. The predicted molar refractivity (Wildman–Crippen MR) is 71.5 cm³/mol. The van der Waals surface area contributed by atoms with Gasteiger partial charge in [-0.15, -0.1) is 0 Å². The number of benzene rings is 1. The smallest absolute Gasteiger partial charge is 0.277 e. The molecule has 1 rings (SSSR count). The molecule has 0 amide bonds. The van der Waals surface area contributed by atoms with E-state index in [1.807, 2.05) is 0 Å². The van der Waals surface area contributed by atoms with Gasteiger partial charge in [0.25, 0.3) is 10.2 Å². The highest BCUT2D eigenvalue weighted by atomic mass is 32.2. The molecule has 0 atom stereocenters. The fourth-order valence-corrected chi connectivity index (χ4v) is 2.36. The van der Waals surface area contributed by atoms with E-state index in [2.05, 4.69) is 9.44 Å². The first-order chi connectivity index (χ1) is 8.39. The topological polar surface area (TPSA) is 93.5 Å². The maximum Gasteiger partial charge on any atom is 0.277 e. The van der Waals surface area contributed by atoms with Gasteiger partial charge in [-0.1, -0.05) is 6.07 Å². The Kier molecular flexibility index (Phi) is 5.39. The lowest BCUT2D eigenvalue weighted by Gasteiger charge is -2.11. The van der Waals surface area contributed by atoms with Crippen molar-refractivity contribution in [3.63, 3.8) is 0 Å². The molecule has 0 fully saturated rings. The van der Waals surface area contributed by atoms with Crippen molar-refractivity contribution < 1.29 is 13.2 Å². The normalized spacial score (nSPS) is 11.7. The third-order valence-electron chi connectivity index (χ3n) is 1.91. The van der Waals surface area contributed by atoms with Gasteiger partial charge in [-0.3, -0.25) is 0 Å². The van der Waals surface area contributed by atoms with Crippen molar-refractivity contribution in [2.45, 2.75) is 19.9 Å². The minimum Gasteiger partial charge on any atom is -0.492 e. The highest BCUT2D eigenvalue weighted by molar-refractivity contribution is 7.87. The Morgan fingerprint density at radius 1 is 1.39 bits per heavy atom. The zero-order valence-electron chi connectivity index (χ0n) is 10.5. The van der Waals surface area contributed by atoms with E-state index >= 15 is 0 Å². The average molecular weight is 273 g/mol. The number of anilines is 1. The molecule has 0 aliphatic rings. The first kappa shape index (κ1) is 14.7. The van der Waals surface area contributed by atoms with Gasteiger partial charge in [-0.05, 0) is 26.0 Å². The van der Waals surface area contributed by atoms with Crippen LogP contribution in [0.5, 0.6) is 5.75 Å². The van der Waals surface area contributed by atoms with E-state index in [0.29, 0.717) is 11.4 Å². The Morgan fingerprint density at radius 2 is 2.11 bits per heavy atom. The molecular weight excluding hydrogens is 254 g/mol. The van der Waals surface area contributed by atoms with Gasteiger partial charge < -0.3 is 10.5 Å². The van der Waals surface area contributed by atoms with Crippen molar-refractivity contribution in [2.24, 2.45) is 0 Å². The van der Waals surface area contributed by atoms with Crippen LogP contribution in [0.1, 0.15) is 13.8 Å². The summed E-state index contributed by atoms with van der Waals surface area (Å²) in [5, 5.41) is 0. The Hall–Kier alpha value is -1.31. The molecule has 0 aliphatic carbocycles. The molecule has 0 unspecified atom stereocenters. The summed E-state index contributed by atoms with van der Waals surface area (Å²) in [5.41, 5.74) is 6.19. The zero-order chi connectivity index (χ0) is 13.6. The van der Waals surface area contributed by atoms with Crippen LogP contribution in [0.25, 0.3) is 0 Å². The van der Waals surface area contributed by atoms with E-state index in [0.717, 1.165) is 0 Å². The maximum atomic E-state index is 11.4. The zero-order valence-corrected chi connectivity index (χ0v) is 11.3. The quantitative estimate of drug-likeness (QED) is 0.497. The van der Waals surface area contributed by atoms with Crippen molar-refractivity contribution in [1.29, 1.82) is 0 Å². The molecule has 0 aromatic heterocycles. The van der Waals surface area contributed by atoms with Crippen LogP contribution in [0, 0.1) is 0 Å². The molecule has 6 nitrogen and oxygen atoms in total. The third kappa shape index (κ3) is 5.85. The molecule has 0 saturated carbocycles. The van der Waals surface area contributed by atoms with E-state index in [9.17, 15) is 8.42 Å². The number of hydrogen-bond donors (Lipinski definition) is 3. The Morgan fingerprint density at radius 3 is 2.72 bits per heavy atom. The molecule has 1 aromatic carbocycles. The second-order valence-corrected chi connectivity index (χ2v) is 5.62. The fourth-order valence-electron chi connectivity index (χ4n) is 1.30. The molecule has 0 aliphatic heterocycles. The number of rotatable bonds is 7. The fraction of sp³-hybridized carbons (Fsp3) is 0.455. The van der Waals surface area contributed by atoms with Crippen LogP contribution in [0.15, 0.2) is 24.3 Å². The number of nitrogen functional groups attached to an aromatic ring is 1. The van der Waals surface area contributed by atoms with Crippen LogP contribution in [0.4, 0.5) is 5.69 Å². The largest absolute Gasteiger partial charge is 0.492 e. The van der Waals surface area contributed by atoms with Crippen LogP contribution in [-0.2, 0) is 10.2 Å². The van der Waals surface area contributed by atoms with Crippen LogP contribution >= 0.6 is 0 Å². The standard InChI is InChI=1S/C11H19N3O3S/c1-9(2)14-18(15,16)13-6-7-17-11-5-3-4-10(12)8-11/h3-5,8-9,13-14H,6-7,12H2,1-2H3. The molecular formula is C11H19N3O3S. The molecule has 0 bridgehead atoms. The van der Waals surface area contributed by atoms with Gasteiger partial charge in [0.2, 0.25) is 0 Å². The summed E-state index contributed by atoms with van der Waals surface area (Å²) in [6.07, 6.45) is 0. The van der Waals surface area contributed by atoms with Crippen molar-refractivity contribution in [2.75, 3.05) is 18.9 Å². The summed E-state index contributed by atoms with van der Waals surface area (Å²) >= 11 is 0. The molecule has 0 spiro atoms. The molecule has 1 aromatic rings. The highest BCUT2D eigenvalue weighted by Crippen LogP contribution is 2.13. The molecule has 102 valence electrons. The molecule has 4 N–H and O–H groups in total. The van der Waals surface area contributed by atoms with Crippen LogP contribution in [-0.4, -0.2) is 27.6 Å². The lowest BCUT2D eigenvalue weighted by Crippen LogP contribution is -2.41. The van der Waals surface area contributed by atoms with Gasteiger partial charge in [0.05, 0.1) is 0 Å². The van der Waals surface area contributed by atoms with E-state index < -0.39 is 10.2 Å². The van der Waals surface area contributed by atoms with Gasteiger partial charge in [-0.2, -0.15) is 17.9 Å². The number of hydrogen-bond acceptors (Lipinski definition) is 4. The van der Waals surface area contributed by atoms with Gasteiger partial charge in [-0.25, -0.2) is 0 Å². The van der Waals surface area contributed by atoms with Gasteiger partial charge in [0, 0.05) is 24.3 Å². The minimum atomic E-state index is -3.45. The number of nitrogens with one attached hydrogen (secondary N) is 2. The van der Waals surface area contributed by atoms with E-state index in [4.69, 9.17) is 10.5 Å². The average Bonchev–Trinajstić information content (AvgIpc) is 2.23. The Bertz CT molecular complexity index is 474. The Labute approximate surface area is 108 Å². The van der Waals surface area contributed by atoms with E-state index in [-0.39, 0.29) is 19.2 Å². The molecule has 0 radical (unpaired) electrons. The predicted octanol–water partition coefficient (Wildman–Crippen LogP) is 0.480. The van der Waals surface area contributed by atoms with E-state index in [1.54, 1.807) is 38.1 Å². The molecule has 0 heterocycles. The lowest BCUT2D eigenvalue weighted by molar-refractivity contribution is 0.322. The minimum absolute atomic E-state index is 0.141. The summed E-state index contributed by atoms with van der Waals surface area (Å²) in [7, 11) is -3.45. The van der Waals surface area contributed by atoms with Crippen molar-refractivity contribution in [3.8, 4) is 5.75 Å². The lowest BCUT2D eigenvalue weighted by atomic mass is 10.3. The van der Waals surface area contributed by atoms with Gasteiger partial charge >= 0.3 is 0 Å². The van der Waals surface area contributed by atoms with Crippen LogP contribution in [0.2, 0.25) is 0 Å². The first-order valence-electron chi connectivity index (χ1n) is 5.64. The van der Waals surface area contributed by atoms with Crippen LogP contribution < -0.4 is 19.9 Å². The number of nitrogens with two attached hydrogens (primary N) is 1. The summed E-state index contributed by atoms with van der Waals surface area (Å²) in [6, 6.07) is 6.83. The maximum absolute atomic E-state index is 11.4. The van der Waals surface area contributed by atoms with Crippen molar-refractivity contribution in [3.05, 3.63) is 24.3 Å². The number of ether oxygens (including phenoxy) is 1.